The summed E-state index contributed by atoms with van der Waals surface area (Å²) in [7, 11) is 0. The van der Waals surface area contributed by atoms with E-state index in [9.17, 15) is 4.79 Å². The van der Waals surface area contributed by atoms with Gasteiger partial charge < -0.3 is 0 Å². The Bertz CT molecular complexity index is 504. The topological polar surface area (TPSA) is 47.3 Å². The fourth-order valence-corrected chi connectivity index (χ4v) is 1.34. The van der Waals surface area contributed by atoms with Crippen molar-refractivity contribution in [3.05, 3.63) is 40.7 Å². The quantitative estimate of drug-likeness (QED) is 0.709. The Morgan fingerprint density at radius 2 is 2.21 bits per heavy atom. The summed E-state index contributed by atoms with van der Waals surface area (Å²) in [6, 6.07) is 5.46. The molecule has 4 heteroatoms. The Morgan fingerprint density at radius 1 is 1.36 bits per heavy atom. The Kier molecular flexibility index (Phi) is 2.26. The fraction of sp³-hybridized carbons (Fsp3) is 0.300. The summed E-state index contributed by atoms with van der Waals surface area (Å²) >= 11 is 0. The van der Waals surface area contributed by atoms with Crippen LogP contribution in [0.4, 0.5) is 0 Å². The smallest absolute Gasteiger partial charge is 0.251 e. The highest BCUT2D eigenvalue weighted by Gasteiger charge is 2.01. The van der Waals surface area contributed by atoms with Gasteiger partial charge in [-0.15, -0.1) is 0 Å². The van der Waals surface area contributed by atoms with Crippen molar-refractivity contribution in [1.29, 1.82) is 0 Å². The normalized spacial score (nSPS) is 10.6. The van der Waals surface area contributed by atoms with E-state index in [1.54, 1.807) is 12.3 Å². The van der Waals surface area contributed by atoms with Crippen LogP contribution in [0.15, 0.2) is 29.2 Å². The van der Waals surface area contributed by atoms with Gasteiger partial charge in [0.15, 0.2) is 0 Å². The number of hydrogen-bond donors (Lipinski definition) is 0. The Morgan fingerprint density at radius 3 is 3.00 bits per heavy atom. The lowest BCUT2D eigenvalue weighted by atomic mass is 10.3. The van der Waals surface area contributed by atoms with Crippen LogP contribution in [0.2, 0.25) is 0 Å². The van der Waals surface area contributed by atoms with Crippen LogP contribution in [0, 0.1) is 0 Å². The van der Waals surface area contributed by atoms with Crippen LogP contribution < -0.4 is 5.69 Å². The van der Waals surface area contributed by atoms with E-state index in [0.29, 0.717) is 11.5 Å². The molecule has 2 aromatic rings. The second-order valence-corrected chi connectivity index (χ2v) is 3.10. The standard InChI is InChI=1S/C10H11N3O/c1-2-5-8-11-9-6-3-4-7-13(9)10(14)12-8/h3-4,6-7H,2,5H2,1H3. The van der Waals surface area contributed by atoms with Gasteiger partial charge >= 0.3 is 5.69 Å². The fourth-order valence-electron chi connectivity index (χ4n) is 1.34. The predicted octanol–water partition coefficient (Wildman–Crippen LogP) is 1.04. The Labute approximate surface area is 81.3 Å². The van der Waals surface area contributed by atoms with E-state index in [1.807, 2.05) is 19.1 Å². The number of nitrogens with zero attached hydrogens (tertiary/aromatic N) is 3. The van der Waals surface area contributed by atoms with Gasteiger partial charge in [-0.05, 0) is 18.6 Å². The molecular weight excluding hydrogens is 178 g/mol. The molecule has 2 aromatic heterocycles. The van der Waals surface area contributed by atoms with E-state index in [0.717, 1.165) is 12.8 Å². The number of aromatic nitrogens is 3. The number of pyridine rings is 1. The molecule has 0 aliphatic heterocycles. The summed E-state index contributed by atoms with van der Waals surface area (Å²) in [4.78, 5) is 19.7. The minimum Gasteiger partial charge on any atom is -0.251 e. The van der Waals surface area contributed by atoms with Crippen molar-refractivity contribution in [2.75, 3.05) is 0 Å². The molecule has 14 heavy (non-hydrogen) atoms. The minimum absolute atomic E-state index is 0.251. The monoisotopic (exact) mass is 189 g/mol. The predicted molar refractivity (Wildman–Crippen MR) is 53.3 cm³/mol. The van der Waals surface area contributed by atoms with Gasteiger partial charge in [0.05, 0.1) is 0 Å². The summed E-state index contributed by atoms with van der Waals surface area (Å²) in [6.45, 7) is 2.04. The van der Waals surface area contributed by atoms with Crippen molar-refractivity contribution < 1.29 is 0 Å². The number of aryl methyl sites for hydroxylation is 1. The van der Waals surface area contributed by atoms with Crippen LogP contribution in [-0.4, -0.2) is 14.4 Å². The van der Waals surface area contributed by atoms with Gasteiger partial charge in [0.25, 0.3) is 0 Å². The summed E-state index contributed by atoms with van der Waals surface area (Å²) in [6.07, 6.45) is 3.37. The van der Waals surface area contributed by atoms with Crippen LogP contribution >= 0.6 is 0 Å². The highest BCUT2D eigenvalue weighted by atomic mass is 16.1. The zero-order chi connectivity index (χ0) is 9.97. The molecule has 0 spiro atoms. The largest absolute Gasteiger partial charge is 0.355 e. The first-order valence-electron chi connectivity index (χ1n) is 4.65. The number of hydrogen-bond acceptors (Lipinski definition) is 3. The molecule has 0 aliphatic rings. The first kappa shape index (κ1) is 8.87. The lowest BCUT2D eigenvalue weighted by Gasteiger charge is -2.00. The van der Waals surface area contributed by atoms with E-state index < -0.39 is 0 Å². The molecule has 72 valence electrons. The summed E-state index contributed by atoms with van der Waals surface area (Å²) in [5.41, 5.74) is 0.412. The molecule has 4 nitrogen and oxygen atoms in total. The van der Waals surface area contributed by atoms with Gasteiger partial charge in [0.2, 0.25) is 0 Å². The SMILES string of the molecule is CCCc1nc(=O)n2ccccc2n1. The van der Waals surface area contributed by atoms with Crippen molar-refractivity contribution in [2.45, 2.75) is 19.8 Å². The molecule has 0 fully saturated rings. The van der Waals surface area contributed by atoms with Crippen molar-refractivity contribution in [1.82, 2.24) is 14.4 Å². The first-order valence-corrected chi connectivity index (χ1v) is 4.65. The molecule has 0 amide bonds. The van der Waals surface area contributed by atoms with E-state index in [1.165, 1.54) is 4.40 Å². The Balaban J connectivity index is 2.66. The van der Waals surface area contributed by atoms with Crippen molar-refractivity contribution in [3.63, 3.8) is 0 Å². The lowest BCUT2D eigenvalue weighted by Crippen LogP contribution is -2.20. The van der Waals surface area contributed by atoms with Gasteiger partial charge in [0.1, 0.15) is 11.5 Å². The van der Waals surface area contributed by atoms with Crippen LogP contribution in [0.3, 0.4) is 0 Å². The van der Waals surface area contributed by atoms with E-state index in [4.69, 9.17) is 0 Å². The maximum Gasteiger partial charge on any atom is 0.355 e. The van der Waals surface area contributed by atoms with Crippen LogP contribution in [0.25, 0.3) is 5.65 Å². The van der Waals surface area contributed by atoms with E-state index in [-0.39, 0.29) is 5.69 Å². The van der Waals surface area contributed by atoms with E-state index in [2.05, 4.69) is 9.97 Å². The number of fused-ring (bicyclic) bond motifs is 1. The minimum atomic E-state index is -0.251. The van der Waals surface area contributed by atoms with Crippen LogP contribution in [-0.2, 0) is 6.42 Å². The summed E-state index contributed by atoms with van der Waals surface area (Å²) in [5.74, 6) is 0.628. The second-order valence-electron chi connectivity index (χ2n) is 3.10. The third-order valence-corrected chi connectivity index (χ3v) is 1.99. The van der Waals surface area contributed by atoms with Gasteiger partial charge in [-0.1, -0.05) is 13.0 Å². The Hall–Kier alpha value is -1.71. The molecule has 0 saturated heterocycles. The average molecular weight is 189 g/mol. The van der Waals surface area contributed by atoms with Crippen molar-refractivity contribution in [2.24, 2.45) is 0 Å². The second kappa shape index (κ2) is 3.57. The molecule has 0 saturated carbocycles. The van der Waals surface area contributed by atoms with Gasteiger partial charge in [-0.25, -0.2) is 9.78 Å². The average Bonchev–Trinajstić information content (AvgIpc) is 2.18. The molecule has 0 aliphatic carbocycles. The zero-order valence-corrected chi connectivity index (χ0v) is 7.97. The van der Waals surface area contributed by atoms with Crippen LogP contribution in [0.5, 0.6) is 0 Å². The molecular formula is C10H11N3O. The third-order valence-electron chi connectivity index (χ3n) is 1.99. The molecule has 0 aromatic carbocycles. The zero-order valence-electron chi connectivity index (χ0n) is 7.97. The highest BCUT2D eigenvalue weighted by molar-refractivity contribution is 5.36. The van der Waals surface area contributed by atoms with E-state index >= 15 is 0 Å². The van der Waals surface area contributed by atoms with Crippen LogP contribution in [0.1, 0.15) is 19.2 Å². The molecule has 0 radical (unpaired) electrons. The molecule has 0 atom stereocenters. The van der Waals surface area contributed by atoms with Gasteiger partial charge in [-0.2, -0.15) is 4.98 Å². The number of rotatable bonds is 2. The first-order chi connectivity index (χ1) is 6.81. The highest BCUT2D eigenvalue weighted by Crippen LogP contribution is 1.97. The molecule has 0 N–H and O–H groups in total. The molecule has 2 heterocycles. The lowest BCUT2D eigenvalue weighted by molar-refractivity contribution is 0.796. The van der Waals surface area contributed by atoms with Gasteiger partial charge in [0, 0.05) is 12.6 Å². The third kappa shape index (κ3) is 1.51. The maximum absolute atomic E-state index is 11.5. The van der Waals surface area contributed by atoms with Gasteiger partial charge in [-0.3, -0.25) is 4.40 Å². The van der Waals surface area contributed by atoms with Crippen molar-refractivity contribution in [3.8, 4) is 0 Å². The molecule has 2 rings (SSSR count). The van der Waals surface area contributed by atoms with Crippen molar-refractivity contribution >= 4 is 5.65 Å². The summed E-state index contributed by atoms with van der Waals surface area (Å²) < 4.78 is 1.44. The molecule has 0 unspecified atom stereocenters. The summed E-state index contributed by atoms with van der Waals surface area (Å²) in [5, 5.41) is 0. The molecule has 0 bridgehead atoms. The maximum atomic E-state index is 11.5.